The minimum absolute atomic E-state index is 0.583. The summed E-state index contributed by atoms with van der Waals surface area (Å²) in [5.41, 5.74) is 0. The summed E-state index contributed by atoms with van der Waals surface area (Å²) in [6.07, 6.45) is 23.4. The van der Waals surface area contributed by atoms with Crippen molar-refractivity contribution in [3.05, 3.63) is 12.2 Å². The molecule has 0 aromatic rings. The lowest BCUT2D eigenvalue weighted by Crippen LogP contribution is -2.23. The molecule has 0 aromatic carbocycles. The highest BCUT2D eigenvalue weighted by atomic mass is 16.5. The van der Waals surface area contributed by atoms with Gasteiger partial charge in [-0.2, -0.15) is 0 Å². The van der Waals surface area contributed by atoms with E-state index in [1.165, 1.54) is 83.5 Å². The van der Waals surface area contributed by atoms with Crippen LogP contribution in [0.5, 0.6) is 0 Å². The molecule has 0 N–H and O–H groups in total. The van der Waals surface area contributed by atoms with E-state index >= 15 is 0 Å². The molecule has 2 aliphatic rings. The summed E-state index contributed by atoms with van der Waals surface area (Å²) in [7, 11) is 0. The van der Waals surface area contributed by atoms with Crippen LogP contribution in [0.15, 0.2) is 12.2 Å². The highest BCUT2D eigenvalue weighted by Crippen LogP contribution is 2.36. The molecule has 134 valence electrons. The van der Waals surface area contributed by atoms with Crippen LogP contribution < -0.4 is 0 Å². The molecule has 2 fully saturated rings. The normalized spacial score (nSPS) is 32.4. The van der Waals surface area contributed by atoms with Crippen LogP contribution in [-0.4, -0.2) is 12.7 Å². The second-order valence-corrected chi connectivity index (χ2v) is 8.10. The van der Waals surface area contributed by atoms with Gasteiger partial charge in [-0.05, 0) is 82.5 Å². The smallest absolute Gasteiger partial charge is 0.0575 e. The van der Waals surface area contributed by atoms with Crippen LogP contribution in [0.1, 0.15) is 97.3 Å². The van der Waals surface area contributed by atoms with Crippen LogP contribution in [0.25, 0.3) is 0 Å². The van der Waals surface area contributed by atoms with E-state index in [1.54, 1.807) is 0 Å². The van der Waals surface area contributed by atoms with Gasteiger partial charge in [0.1, 0.15) is 0 Å². The molecule has 23 heavy (non-hydrogen) atoms. The Morgan fingerprint density at radius 2 is 1.43 bits per heavy atom. The third kappa shape index (κ3) is 7.42. The van der Waals surface area contributed by atoms with E-state index in [9.17, 15) is 0 Å². The summed E-state index contributed by atoms with van der Waals surface area (Å²) in [6, 6.07) is 0. The highest BCUT2D eigenvalue weighted by Gasteiger charge is 2.24. The summed E-state index contributed by atoms with van der Waals surface area (Å²) in [5.74, 6) is 2.91. The average Bonchev–Trinajstić information content (AvgIpc) is 2.59. The predicted molar refractivity (Wildman–Crippen MR) is 101 cm³/mol. The van der Waals surface area contributed by atoms with Crippen LogP contribution in [0.2, 0.25) is 0 Å². The first-order valence-electron chi connectivity index (χ1n) is 10.6. The number of unbranched alkanes of at least 4 members (excludes halogenated alkanes) is 2. The molecule has 1 heteroatoms. The molecular formula is C22H40O. The standard InChI is InChI=1S/C22H40O/c1-3-5-6-18-23-22-16-14-21(15-17-22)13-12-20-10-8-19(7-4-2)9-11-20/h4,7,19-22H,3,5-6,8-18H2,1-2H3/b7-4+/t19-,20-,21-,22-. The van der Waals surface area contributed by atoms with Gasteiger partial charge in [0.15, 0.2) is 0 Å². The molecule has 0 saturated heterocycles. The van der Waals surface area contributed by atoms with E-state index in [2.05, 4.69) is 26.0 Å². The zero-order valence-electron chi connectivity index (χ0n) is 15.8. The molecule has 0 atom stereocenters. The SMILES string of the molecule is C/C=C/[C@H]1CC[C@H](CC[C@H]2CC[C@H](OCCCCC)CC2)CC1. The van der Waals surface area contributed by atoms with E-state index in [1.807, 2.05) is 0 Å². The maximum atomic E-state index is 6.06. The second kappa shape index (κ2) is 11.3. The molecular weight excluding hydrogens is 280 g/mol. The van der Waals surface area contributed by atoms with Crippen LogP contribution in [-0.2, 0) is 4.74 Å². The summed E-state index contributed by atoms with van der Waals surface area (Å²) >= 11 is 0. The fraction of sp³-hybridized carbons (Fsp3) is 0.909. The molecule has 0 spiro atoms. The number of rotatable bonds is 9. The summed E-state index contributed by atoms with van der Waals surface area (Å²) in [4.78, 5) is 0. The molecule has 0 amide bonds. The third-order valence-electron chi connectivity index (χ3n) is 6.23. The van der Waals surface area contributed by atoms with Crippen LogP contribution in [0.3, 0.4) is 0 Å². The molecule has 0 aromatic heterocycles. The Morgan fingerprint density at radius 1 is 0.826 bits per heavy atom. The molecule has 2 aliphatic carbocycles. The summed E-state index contributed by atoms with van der Waals surface area (Å²) in [6.45, 7) is 5.42. The minimum Gasteiger partial charge on any atom is -0.378 e. The Hall–Kier alpha value is -0.300. The lowest BCUT2D eigenvalue weighted by atomic mass is 9.77. The first-order valence-corrected chi connectivity index (χ1v) is 10.6. The van der Waals surface area contributed by atoms with Crippen molar-refractivity contribution >= 4 is 0 Å². The Kier molecular flexibility index (Phi) is 9.34. The topological polar surface area (TPSA) is 9.23 Å². The van der Waals surface area contributed by atoms with Crippen LogP contribution in [0, 0.1) is 17.8 Å². The van der Waals surface area contributed by atoms with Crippen molar-refractivity contribution < 1.29 is 4.74 Å². The average molecular weight is 321 g/mol. The fourth-order valence-electron chi connectivity index (χ4n) is 4.60. The van der Waals surface area contributed by atoms with Gasteiger partial charge in [-0.15, -0.1) is 0 Å². The Balaban J connectivity index is 1.51. The predicted octanol–water partition coefficient (Wildman–Crippen LogP) is 6.91. The van der Waals surface area contributed by atoms with Crippen molar-refractivity contribution in [3.8, 4) is 0 Å². The van der Waals surface area contributed by atoms with E-state index < -0.39 is 0 Å². The molecule has 0 heterocycles. The molecule has 0 unspecified atom stereocenters. The van der Waals surface area contributed by atoms with E-state index in [-0.39, 0.29) is 0 Å². The minimum atomic E-state index is 0.583. The largest absolute Gasteiger partial charge is 0.378 e. The number of hydrogen-bond acceptors (Lipinski definition) is 1. The summed E-state index contributed by atoms with van der Waals surface area (Å²) < 4.78 is 6.06. The van der Waals surface area contributed by atoms with Crippen LogP contribution in [0.4, 0.5) is 0 Å². The second-order valence-electron chi connectivity index (χ2n) is 8.10. The van der Waals surface area contributed by atoms with Gasteiger partial charge in [0.2, 0.25) is 0 Å². The van der Waals surface area contributed by atoms with E-state index in [0.29, 0.717) is 6.10 Å². The molecule has 2 rings (SSSR count). The van der Waals surface area contributed by atoms with Crippen molar-refractivity contribution in [2.75, 3.05) is 6.61 Å². The molecule has 0 bridgehead atoms. The Bertz CT molecular complexity index is 306. The number of allylic oxidation sites excluding steroid dienone is 2. The van der Waals surface area contributed by atoms with E-state index in [4.69, 9.17) is 4.74 Å². The quantitative estimate of drug-likeness (QED) is 0.331. The van der Waals surface area contributed by atoms with Crippen molar-refractivity contribution in [2.45, 2.75) is 103 Å². The monoisotopic (exact) mass is 320 g/mol. The third-order valence-corrected chi connectivity index (χ3v) is 6.23. The lowest BCUT2D eigenvalue weighted by molar-refractivity contribution is 0.0146. The molecule has 1 nitrogen and oxygen atoms in total. The Morgan fingerprint density at radius 3 is 2.00 bits per heavy atom. The van der Waals surface area contributed by atoms with Crippen molar-refractivity contribution in [1.82, 2.24) is 0 Å². The lowest BCUT2D eigenvalue weighted by Gasteiger charge is -2.31. The zero-order chi connectivity index (χ0) is 16.3. The van der Waals surface area contributed by atoms with Crippen LogP contribution >= 0.6 is 0 Å². The number of ether oxygens (including phenoxy) is 1. The van der Waals surface area contributed by atoms with Crippen molar-refractivity contribution in [2.24, 2.45) is 17.8 Å². The van der Waals surface area contributed by atoms with Gasteiger partial charge in [-0.25, -0.2) is 0 Å². The van der Waals surface area contributed by atoms with Gasteiger partial charge in [0.05, 0.1) is 6.10 Å². The maximum absolute atomic E-state index is 6.06. The first kappa shape index (κ1) is 19.0. The number of hydrogen-bond donors (Lipinski definition) is 0. The zero-order valence-corrected chi connectivity index (χ0v) is 15.8. The fourth-order valence-corrected chi connectivity index (χ4v) is 4.60. The maximum Gasteiger partial charge on any atom is 0.0575 e. The summed E-state index contributed by atoms with van der Waals surface area (Å²) in [5, 5.41) is 0. The van der Waals surface area contributed by atoms with Gasteiger partial charge >= 0.3 is 0 Å². The van der Waals surface area contributed by atoms with Gasteiger partial charge in [-0.1, -0.05) is 44.8 Å². The van der Waals surface area contributed by atoms with Gasteiger partial charge < -0.3 is 4.74 Å². The van der Waals surface area contributed by atoms with Gasteiger partial charge in [0, 0.05) is 6.61 Å². The highest BCUT2D eigenvalue weighted by molar-refractivity contribution is 4.89. The molecule has 0 radical (unpaired) electrons. The molecule has 2 saturated carbocycles. The van der Waals surface area contributed by atoms with Gasteiger partial charge in [0.25, 0.3) is 0 Å². The van der Waals surface area contributed by atoms with E-state index in [0.717, 1.165) is 24.4 Å². The molecule has 0 aliphatic heterocycles. The Labute approximate surface area is 145 Å². The van der Waals surface area contributed by atoms with Gasteiger partial charge in [-0.3, -0.25) is 0 Å². The van der Waals surface area contributed by atoms with Crippen molar-refractivity contribution in [3.63, 3.8) is 0 Å². The first-order chi connectivity index (χ1) is 11.3. The van der Waals surface area contributed by atoms with Crippen molar-refractivity contribution in [1.29, 1.82) is 0 Å².